The predicted molar refractivity (Wildman–Crippen MR) is 121 cm³/mol. The summed E-state index contributed by atoms with van der Waals surface area (Å²) in [4.78, 5) is 28.8. The number of methoxy groups -OCH3 is 3. The van der Waals surface area contributed by atoms with Crippen molar-refractivity contribution in [3.05, 3.63) is 53.1 Å². The fourth-order valence-corrected chi connectivity index (χ4v) is 3.68. The van der Waals surface area contributed by atoms with Crippen LogP contribution in [0.4, 0.5) is 4.79 Å². The SMILES string of the molecule is COc1cc(CNC(=O)N2CCN(C(=O)Cc3ccc(C)cc3)CC2)cc(OC)c1OC. The number of rotatable bonds is 7. The van der Waals surface area contributed by atoms with E-state index in [0.29, 0.717) is 56.4 Å². The molecule has 32 heavy (non-hydrogen) atoms. The molecule has 1 N–H and O–H groups in total. The molecule has 0 spiro atoms. The lowest BCUT2D eigenvalue weighted by molar-refractivity contribution is -0.131. The summed E-state index contributed by atoms with van der Waals surface area (Å²) >= 11 is 0. The molecule has 0 aromatic heterocycles. The Bertz CT molecular complexity index is 912. The largest absolute Gasteiger partial charge is 0.493 e. The Morgan fingerprint density at radius 3 is 1.94 bits per heavy atom. The Labute approximate surface area is 189 Å². The molecule has 2 aromatic carbocycles. The maximum Gasteiger partial charge on any atom is 0.317 e. The van der Waals surface area contributed by atoms with Crippen molar-refractivity contribution in [1.29, 1.82) is 0 Å². The third-order valence-corrected chi connectivity index (χ3v) is 5.56. The quantitative estimate of drug-likeness (QED) is 0.715. The van der Waals surface area contributed by atoms with Gasteiger partial charge in [-0.25, -0.2) is 4.79 Å². The molecular formula is C24H31N3O5. The van der Waals surface area contributed by atoms with E-state index in [1.807, 2.05) is 48.2 Å². The van der Waals surface area contributed by atoms with E-state index < -0.39 is 0 Å². The second kappa shape index (κ2) is 10.7. The molecule has 1 aliphatic heterocycles. The lowest BCUT2D eigenvalue weighted by Crippen LogP contribution is -2.53. The number of carbonyl (C=O) groups is 2. The van der Waals surface area contributed by atoms with Gasteiger partial charge in [-0.3, -0.25) is 4.79 Å². The van der Waals surface area contributed by atoms with Crippen molar-refractivity contribution in [2.45, 2.75) is 19.9 Å². The molecule has 1 saturated heterocycles. The van der Waals surface area contributed by atoms with Gasteiger partial charge in [0.25, 0.3) is 0 Å². The van der Waals surface area contributed by atoms with Gasteiger partial charge in [0.2, 0.25) is 11.7 Å². The van der Waals surface area contributed by atoms with Crippen LogP contribution in [0.15, 0.2) is 36.4 Å². The monoisotopic (exact) mass is 441 g/mol. The van der Waals surface area contributed by atoms with Crippen LogP contribution in [-0.4, -0.2) is 69.2 Å². The Hall–Kier alpha value is -3.42. The Balaban J connectivity index is 1.50. The number of piperazine rings is 1. The minimum absolute atomic E-state index is 0.0892. The zero-order chi connectivity index (χ0) is 23.1. The molecule has 3 rings (SSSR count). The van der Waals surface area contributed by atoms with Crippen LogP contribution in [0.1, 0.15) is 16.7 Å². The van der Waals surface area contributed by atoms with Crippen molar-refractivity contribution in [1.82, 2.24) is 15.1 Å². The first-order chi connectivity index (χ1) is 15.4. The Morgan fingerprint density at radius 1 is 0.844 bits per heavy atom. The molecule has 8 heteroatoms. The maximum atomic E-state index is 12.6. The zero-order valence-corrected chi connectivity index (χ0v) is 19.1. The van der Waals surface area contributed by atoms with E-state index in [2.05, 4.69) is 5.32 Å². The molecular weight excluding hydrogens is 410 g/mol. The van der Waals surface area contributed by atoms with E-state index in [9.17, 15) is 9.59 Å². The molecule has 2 aromatic rings. The molecule has 1 fully saturated rings. The average molecular weight is 442 g/mol. The van der Waals surface area contributed by atoms with Gasteiger partial charge in [-0.05, 0) is 30.2 Å². The summed E-state index contributed by atoms with van der Waals surface area (Å²) in [5, 5.41) is 2.93. The molecule has 1 heterocycles. The van der Waals surface area contributed by atoms with E-state index in [-0.39, 0.29) is 11.9 Å². The minimum atomic E-state index is -0.163. The number of amides is 3. The number of hydrogen-bond acceptors (Lipinski definition) is 5. The summed E-state index contributed by atoms with van der Waals surface area (Å²) in [5.74, 6) is 1.68. The van der Waals surface area contributed by atoms with Crippen molar-refractivity contribution < 1.29 is 23.8 Å². The van der Waals surface area contributed by atoms with E-state index in [4.69, 9.17) is 14.2 Å². The average Bonchev–Trinajstić information content (AvgIpc) is 2.83. The topological polar surface area (TPSA) is 80.3 Å². The van der Waals surface area contributed by atoms with Gasteiger partial charge in [0.15, 0.2) is 11.5 Å². The van der Waals surface area contributed by atoms with Gasteiger partial charge in [0, 0.05) is 32.7 Å². The standard InChI is InChI=1S/C24H31N3O5/c1-17-5-7-18(8-6-17)15-22(28)26-9-11-27(12-10-26)24(29)25-16-19-13-20(30-2)23(32-4)21(14-19)31-3/h5-8,13-14H,9-12,15-16H2,1-4H3,(H,25,29). The molecule has 0 aliphatic carbocycles. The number of nitrogens with one attached hydrogen (secondary N) is 1. The highest BCUT2D eigenvalue weighted by Crippen LogP contribution is 2.38. The van der Waals surface area contributed by atoms with Crippen molar-refractivity contribution in [2.75, 3.05) is 47.5 Å². The first kappa shape index (κ1) is 23.2. The number of aryl methyl sites for hydroxylation is 1. The number of ether oxygens (including phenoxy) is 3. The summed E-state index contributed by atoms with van der Waals surface area (Å²) in [7, 11) is 4.66. The van der Waals surface area contributed by atoms with Crippen LogP contribution in [0.25, 0.3) is 0 Å². The summed E-state index contributed by atoms with van der Waals surface area (Å²) in [6, 6.07) is 11.5. The first-order valence-corrected chi connectivity index (χ1v) is 10.6. The van der Waals surface area contributed by atoms with Crippen LogP contribution in [-0.2, 0) is 17.8 Å². The molecule has 0 atom stereocenters. The number of carbonyl (C=O) groups excluding carboxylic acids is 2. The third-order valence-electron chi connectivity index (χ3n) is 5.56. The van der Waals surface area contributed by atoms with Crippen molar-refractivity contribution >= 4 is 11.9 Å². The van der Waals surface area contributed by atoms with Crippen molar-refractivity contribution in [3.63, 3.8) is 0 Å². The normalized spacial score (nSPS) is 13.5. The Kier molecular flexibility index (Phi) is 7.81. The number of benzene rings is 2. The van der Waals surface area contributed by atoms with Crippen molar-refractivity contribution in [3.8, 4) is 17.2 Å². The predicted octanol–water partition coefficient (Wildman–Crippen LogP) is 2.62. The Morgan fingerprint density at radius 2 is 1.41 bits per heavy atom. The molecule has 0 unspecified atom stereocenters. The van der Waals surface area contributed by atoms with Gasteiger partial charge in [-0.15, -0.1) is 0 Å². The fraction of sp³-hybridized carbons (Fsp3) is 0.417. The summed E-state index contributed by atoms with van der Waals surface area (Å²) in [5.41, 5.74) is 3.01. The molecule has 1 aliphatic rings. The van der Waals surface area contributed by atoms with Gasteiger partial charge in [-0.2, -0.15) is 0 Å². The highest BCUT2D eigenvalue weighted by Gasteiger charge is 2.24. The zero-order valence-electron chi connectivity index (χ0n) is 19.1. The van der Waals surface area contributed by atoms with Crippen molar-refractivity contribution in [2.24, 2.45) is 0 Å². The van der Waals surface area contributed by atoms with Gasteiger partial charge in [0.1, 0.15) is 0 Å². The second-order valence-electron chi connectivity index (χ2n) is 7.72. The highest BCUT2D eigenvalue weighted by molar-refractivity contribution is 5.79. The molecule has 0 bridgehead atoms. The number of nitrogens with zero attached hydrogens (tertiary/aromatic N) is 2. The number of urea groups is 1. The first-order valence-electron chi connectivity index (χ1n) is 10.6. The molecule has 0 saturated carbocycles. The highest BCUT2D eigenvalue weighted by atomic mass is 16.5. The third kappa shape index (κ3) is 5.63. The van der Waals surface area contributed by atoms with Crippen LogP contribution in [0, 0.1) is 6.92 Å². The van der Waals surface area contributed by atoms with Crippen LogP contribution in [0.2, 0.25) is 0 Å². The molecule has 8 nitrogen and oxygen atoms in total. The van der Waals surface area contributed by atoms with E-state index >= 15 is 0 Å². The van der Waals surface area contributed by atoms with E-state index in [1.165, 1.54) is 5.56 Å². The second-order valence-corrected chi connectivity index (χ2v) is 7.72. The van der Waals surface area contributed by atoms with Crippen LogP contribution >= 0.6 is 0 Å². The van der Waals surface area contributed by atoms with E-state index in [1.54, 1.807) is 26.2 Å². The van der Waals surface area contributed by atoms with Gasteiger partial charge in [-0.1, -0.05) is 29.8 Å². The summed E-state index contributed by atoms with van der Waals surface area (Å²) in [6.07, 6.45) is 0.383. The van der Waals surface area contributed by atoms with Gasteiger partial charge < -0.3 is 29.3 Å². The smallest absolute Gasteiger partial charge is 0.317 e. The fourth-order valence-electron chi connectivity index (χ4n) is 3.68. The van der Waals surface area contributed by atoms with Gasteiger partial charge in [0.05, 0.1) is 27.8 Å². The van der Waals surface area contributed by atoms with Crippen LogP contribution < -0.4 is 19.5 Å². The molecule has 172 valence electrons. The van der Waals surface area contributed by atoms with Gasteiger partial charge >= 0.3 is 6.03 Å². The minimum Gasteiger partial charge on any atom is -0.493 e. The maximum absolute atomic E-state index is 12.6. The van der Waals surface area contributed by atoms with Crippen LogP contribution in [0.3, 0.4) is 0 Å². The van der Waals surface area contributed by atoms with Crippen LogP contribution in [0.5, 0.6) is 17.2 Å². The summed E-state index contributed by atoms with van der Waals surface area (Å²) < 4.78 is 16.0. The lowest BCUT2D eigenvalue weighted by Gasteiger charge is -2.34. The lowest BCUT2D eigenvalue weighted by atomic mass is 10.1. The summed E-state index contributed by atoms with van der Waals surface area (Å²) in [6.45, 7) is 4.41. The van der Waals surface area contributed by atoms with E-state index in [0.717, 1.165) is 11.1 Å². The molecule has 3 amide bonds. The molecule has 0 radical (unpaired) electrons. The number of hydrogen-bond donors (Lipinski definition) is 1.